The number of nitrogens with zero attached hydrogens (tertiary/aromatic N) is 4. The maximum Gasteiger partial charge on any atom is 0.354 e. The van der Waals surface area contributed by atoms with E-state index in [-0.39, 0.29) is 17.3 Å². The molecule has 0 aliphatic rings. The fraction of sp³-hybridized carbons (Fsp3) is 0.0769. The Balaban J connectivity index is 2.26. The van der Waals surface area contributed by atoms with Crippen molar-refractivity contribution >= 4 is 11.7 Å². The van der Waals surface area contributed by atoms with Gasteiger partial charge in [0.05, 0.1) is 5.69 Å². The van der Waals surface area contributed by atoms with Crippen LogP contribution >= 0.6 is 0 Å². The molecule has 0 unspecified atom stereocenters. The van der Waals surface area contributed by atoms with Gasteiger partial charge in [0.25, 0.3) is 5.78 Å². The average molecular weight is 272 g/mol. The fourth-order valence-electron chi connectivity index (χ4n) is 1.89. The van der Waals surface area contributed by atoms with Gasteiger partial charge in [-0.3, -0.25) is 0 Å². The Morgan fingerprint density at radius 2 is 1.95 bits per heavy atom. The second-order valence-electron chi connectivity index (χ2n) is 4.21. The van der Waals surface area contributed by atoms with Crippen LogP contribution in [0.1, 0.15) is 16.3 Å². The number of benzene rings is 1. The van der Waals surface area contributed by atoms with Crippen LogP contribution in [-0.2, 0) is 0 Å². The van der Waals surface area contributed by atoms with Crippen LogP contribution in [0, 0.1) is 12.7 Å². The van der Waals surface area contributed by atoms with Crippen molar-refractivity contribution in [3.63, 3.8) is 0 Å². The Morgan fingerprint density at radius 3 is 2.60 bits per heavy atom. The third-order valence-corrected chi connectivity index (χ3v) is 2.78. The van der Waals surface area contributed by atoms with Crippen LogP contribution in [0.5, 0.6) is 0 Å². The third-order valence-electron chi connectivity index (χ3n) is 2.78. The van der Waals surface area contributed by atoms with Gasteiger partial charge in [-0.05, 0) is 37.3 Å². The maximum atomic E-state index is 12.9. The third kappa shape index (κ3) is 1.99. The van der Waals surface area contributed by atoms with E-state index in [0.717, 1.165) is 0 Å². The van der Waals surface area contributed by atoms with Gasteiger partial charge < -0.3 is 5.11 Å². The molecule has 1 aromatic carbocycles. The van der Waals surface area contributed by atoms with Gasteiger partial charge in [0.2, 0.25) is 0 Å². The van der Waals surface area contributed by atoms with Crippen molar-refractivity contribution < 1.29 is 14.3 Å². The molecule has 2 aromatic heterocycles. The maximum absolute atomic E-state index is 12.9. The number of aromatic carboxylic acids is 1. The number of carboxylic acid groups (broad SMARTS) is 1. The summed E-state index contributed by atoms with van der Waals surface area (Å²) in [6, 6.07) is 7.02. The molecular formula is C13H9FN4O2. The highest BCUT2D eigenvalue weighted by Gasteiger charge is 2.15. The molecule has 0 aliphatic heterocycles. The summed E-state index contributed by atoms with van der Waals surface area (Å²) < 4.78 is 14.1. The lowest BCUT2D eigenvalue weighted by atomic mass is 10.1. The van der Waals surface area contributed by atoms with Crippen molar-refractivity contribution in [2.24, 2.45) is 0 Å². The van der Waals surface area contributed by atoms with Crippen molar-refractivity contribution in [3.05, 3.63) is 47.7 Å². The molecule has 0 fully saturated rings. The van der Waals surface area contributed by atoms with Gasteiger partial charge in [0, 0.05) is 5.56 Å². The Kier molecular flexibility index (Phi) is 2.67. The summed E-state index contributed by atoms with van der Waals surface area (Å²) >= 11 is 0. The quantitative estimate of drug-likeness (QED) is 0.771. The van der Waals surface area contributed by atoms with Gasteiger partial charge in [-0.25, -0.2) is 14.2 Å². The monoisotopic (exact) mass is 272 g/mol. The van der Waals surface area contributed by atoms with Crippen molar-refractivity contribution in [1.29, 1.82) is 0 Å². The molecule has 0 radical (unpaired) electrons. The molecule has 100 valence electrons. The Morgan fingerprint density at radius 1 is 1.25 bits per heavy atom. The number of carbonyl (C=O) groups is 1. The first-order valence-electron chi connectivity index (χ1n) is 5.78. The zero-order chi connectivity index (χ0) is 14.3. The number of carboxylic acids is 1. The highest BCUT2D eigenvalue weighted by Crippen LogP contribution is 2.19. The largest absolute Gasteiger partial charge is 0.477 e. The SMILES string of the molecule is Cc1nc2nc(-c3ccc(F)cc3)cc(C(=O)O)n2n1. The topological polar surface area (TPSA) is 80.4 Å². The van der Waals surface area contributed by atoms with Crippen molar-refractivity contribution in [2.75, 3.05) is 0 Å². The first kappa shape index (κ1) is 12.2. The molecule has 0 saturated heterocycles. The predicted molar refractivity (Wildman–Crippen MR) is 67.9 cm³/mol. The normalized spacial score (nSPS) is 10.9. The van der Waals surface area contributed by atoms with E-state index in [1.165, 1.54) is 34.8 Å². The van der Waals surface area contributed by atoms with E-state index in [1.54, 1.807) is 6.92 Å². The van der Waals surface area contributed by atoms with E-state index in [4.69, 9.17) is 0 Å². The Hall–Kier alpha value is -2.83. The molecule has 0 spiro atoms. The number of aryl methyl sites for hydroxylation is 1. The second kappa shape index (κ2) is 4.37. The summed E-state index contributed by atoms with van der Waals surface area (Å²) in [5, 5.41) is 13.2. The molecule has 0 aliphatic carbocycles. The van der Waals surface area contributed by atoms with E-state index in [0.29, 0.717) is 17.1 Å². The summed E-state index contributed by atoms with van der Waals surface area (Å²) in [6.45, 7) is 1.65. The fourth-order valence-corrected chi connectivity index (χ4v) is 1.89. The minimum atomic E-state index is -1.13. The zero-order valence-corrected chi connectivity index (χ0v) is 10.4. The van der Waals surface area contributed by atoms with E-state index >= 15 is 0 Å². The van der Waals surface area contributed by atoms with E-state index in [1.807, 2.05) is 0 Å². The molecule has 3 aromatic rings. The summed E-state index contributed by atoms with van der Waals surface area (Å²) in [7, 11) is 0. The lowest BCUT2D eigenvalue weighted by Gasteiger charge is -2.04. The van der Waals surface area contributed by atoms with E-state index < -0.39 is 5.97 Å². The van der Waals surface area contributed by atoms with Crippen LogP contribution in [0.25, 0.3) is 17.0 Å². The molecule has 2 heterocycles. The van der Waals surface area contributed by atoms with Crippen LogP contribution in [0.2, 0.25) is 0 Å². The molecule has 0 saturated carbocycles. The van der Waals surface area contributed by atoms with Gasteiger partial charge in [0.15, 0.2) is 5.69 Å². The van der Waals surface area contributed by atoms with Crippen molar-refractivity contribution in [1.82, 2.24) is 19.6 Å². The molecular weight excluding hydrogens is 263 g/mol. The molecule has 0 amide bonds. The second-order valence-corrected chi connectivity index (χ2v) is 4.21. The van der Waals surface area contributed by atoms with Crippen molar-refractivity contribution in [2.45, 2.75) is 6.92 Å². The number of hydrogen-bond donors (Lipinski definition) is 1. The molecule has 20 heavy (non-hydrogen) atoms. The zero-order valence-electron chi connectivity index (χ0n) is 10.4. The lowest BCUT2D eigenvalue weighted by molar-refractivity contribution is 0.0687. The molecule has 7 heteroatoms. The molecule has 0 atom stereocenters. The van der Waals surface area contributed by atoms with Crippen LogP contribution in [0.4, 0.5) is 4.39 Å². The highest BCUT2D eigenvalue weighted by atomic mass is 19.1. The van der Waals surface area contributed by atoms with Crippen LogP contribution in [-0.4, -0.2) is 30.7 Å². The number of hydrogen-bond acceptors (Lipinski definition) is 4. The summed E-state index contributed by atoms with van der Waals surface area (Å²) in [4.78, 5) is 19.6. The van der Waals surface area contributed by atoms with Crippen LogP contribution in [0.3, 0.4) is 0 Å². The average Bonchev–Trinajstić information content (AvgIpc) is 2.78. The number of aromatic nitrogens is 4. The Bertz CT molecular complexity index is 811. The summed E-state index contributed by atoms with van der Waals surface area (Å²) in [5.41, 5.74) is 0.967. The number of fused-ring (bicyclic) bond motifs is 1. The van der Waals surface area contributed by atoms with Gasteiger partial charge in [-0.15, -0.1) is 5.10 Å². The van der Waals surface area contributed by atoms with Gasteiger partial charge in [-0.2, -0.15) is 9.50 Å². The molecule has 0 bridgehead atoms. The predicted octanol–water partition coefficient (Wildman–Crippen LogP) is 1.94. The lowest BCUT2D eigenvalue weighted by Crippen LogP contribution is -2.08. The first-order chi connectivity index (χ1) is 9.54. The summed E-state index contributed by atoms with van der Waals surface area (Å²) in [6.07, 6.45) is 0. The minimum Gasteiger partial charge on any atom is -0.477 e. The molecule has 6 nitrogen and oxygen atoms in total. The highest BCUT2D eigenvalue weighted by molar-refractivity contribution is 5.87. The first-order valence-corrected chi connectivity index (χ1v) is 5.78. The van der Waals surface area contributed by atoms with Gasteiger partial charge in [-0.1, -0.05) is 0 Å². The van der Waals surface area contributed by atoms with Crippen molar-refractivity contribution in [3.8, 4) is 11.3 Å². The standard InChI is InChI=1S/C13H9FN4O2/c1-7-15-13-16-10(8-2-4-9(14)5-3-8)6-11(12(19)20)18(13)17-7/h2-6H,1H3,(H,19,20). The van der Waals surface area contributed by atoms with E-state index in [2.05, 4.69) is 15.1 Å². The molecule has 1 N–H and O–H groups in total. The van der Waals surface area contributed by atoms with Gasteiger partial charge >= 0.3 is 5.97 Å². The number of rotatable bonds is 2. The van der Waals surface area contributed by atoms with Crippen LogP contribution in [0.15, 0.2) is 30.3 Å². The smallest absolute Gasteiger partial charge is 0.354 e. The number of halogens is 1. The summed E-state index contributed by atoms with van der Waals surface area (Å²) in [5.74, 6) is -0.879. The van der Waals surface area contributed by atoms with Crippen LogP contribution < -0.4 is 0 Å². The Labute approximate surface area is 112 Å². The molecule has 3 rings (SSSR count). The minimum absolute atomic E-state index is 0.0464. The van der Waals surface area contributed by atoms with Gasteiger partial charge in [0.1, 0.15) is 11.6 Å². The van der Waals surface area contributed by atoms with E-state index in [9.17, 15) is 14.3 Å².